The number of hydrogen-bond acceptors (Lipinski definition) is 0. The molecule has 0 amide bonds. The number of allylic oxidation sites excluding steroid dienone is 13. The Morgan fingerprint density at radius 3 is 2.61 bits per heavy atom. The predicted molar refractivity (Wildman–Crippen MR) is 143 cm³/mol. The van der Waals surface area contributed by atoms with E-state index in [9.17, 15) is 0 Å². The van der Waals surface area contributed by atoms with E-state index >= 15 is 0 Å². The van der Waals surface area contributed by atoms with Gasteiger partial charge in [0.25, 0.3) is 0 Å². The number of hydrogen-bond donors (Lipinski definition) is 0. The summed E-state index contributed by atoms with van der Waals surface area (Å²) < 4.78 is 0. The highest BCUT2D eigenvalue weighted by molar-refractivity contribution is 7.38. The van der Waals surface area contributed by atoms with Crippen molar-refractivity contribution in [1.29, 1.82) is 0 Å². The van der Waals surface area contributed by atoms with E-state index in [1.165, 1.54) is 59.5 Å². The molecule has 2 aliphatic rings. The van der Waals surface area contributed by atoms with Gasteiger partial charge in [-0.25, -0.2) is 0 Å². The Balaban J connectivity index is 2.66. The Kier molecular flexibility index (Phi) is 10.8. The molecule has 0 aromatic carbocycles. The van der Waals surface area contributed by atoms with Crippen molar-refractivity contribution in [2.24, 2.45) is 11.8 Å². The second-order valence-electron chi connectivity index (χ2n) is 9.36. The van der Waals surface area contributed by atoms with Crippen molar-refractivity contribution in [1.82, 2.24) is 0 Å². The molecule has 0 fully saturated rings. The quantitative estimate of drug-likeness (QED) is 0.203. The topological polar surface area (TPSA) is 0 Å². The minimum Gasteiger partial charge on any atom is -0.128 e. The summed E-state index contributed by atoms with van der Waals surface area (Å²) in [5.41, 5.74) is 13.8. The van der Waals surface area contributed by atoms with Gasteiger partial charge >= 0.3 is 0 Å². The van der Waals surface area contributed by atoms with Crippen LogP contribution in [0.4, 0.5) is 0 Å². The minimum atomic E-state index is 0.515. The smallest absolute Gasteiger partial charge is 0.00173 e. The Morgan fingerprint density at radius 1 is 1.19 bits per heavy atom. The molecule has 0 heterocycles. The molecule has 0 bridgehead atoms. The van der Waals surface area contributed by atoms with Crippen molar-refractivity contribution in [3.63, 3.8) is 0 Å². The highest BCUT2D eigenvalue weighted by Crippen LogP contribution is 2.42. The molecule has 0 aromatic rings. The van der Waals surface area contributed by atoms with Crippen LogP contribution in [0.5, 0.6) is 0 Å². The molecule has 2 aliphatic carbocycles. The van der Waals surface area contributed by atoms with Gasteiger partial charge < -0.3 is 0 Å². The van der Waals surface area contributed by atoms with E-state index in [4.69, 9.17) is 0 Å². The molecule has 2 unspecified atom stereocenters. The average Bonchev–Trinajstić information content (AvgIpc) is 2.91. The van der Waals surface area contributed by atoms with E-state index in [0.29, 0.717) is 5.92 Å². The summed E-state index contributed by atoms with van der Waals surface area (Å²) in [6.45, 7) is 17.5. The summed E-state index contributed by atoms with van der Waals surface area (Å²) in [4.78, 5) is 0. The zero-order valence-corrected chi connectivity index (χ0v) is 21.8. The van der Waals surface area contributed by atoms with E-state index in [2.05, 4.69) is 90.3 Å². The van der Waals surface area contributed by atoms with Crippen LogP contribution in [-0.4, -0.2) is 12.3 Å². The zero-order chi connectivity index (χ0) is 22.8. The molecule has 0 aromatic heterocycles. The molecule has 2 atom stereocenters. The molecular formula is C30H43P. The first-order chi connectivity index (χ1) is 14.9. The first-order valence-corrected chi connectivity index (χ1v) is 13.5. The maximum atomic E-state index is 3.87. The minimum absolute atomic E-state index is 0.515. The van der Waals surface area contributed by atoms with Crippen molar-refractivity contribution in [3.8, 4) is 0 Å². The molecule has 1 heteroatoms. The summed E-state index contributed by atoms with van der Waals surface area (Å²) in [6.07, 6.45) is 22.1. The molecule has 31 heavy (non-hydrogen) atoms. The Labute approximate surface area is 194 Å². The van der Waals surface area contributed by atoms with Gasteiger partial charge in [-0.15, -0.1) is 14.3 Å². The summed E-state index contributed by atoms with van der Waals surface area (Å²) in [6, 6.07) is 0. The molecule has 0 saturated carbocycles. The first kappa shape index (κ1) is 25.6. The largest absolute Gasteiger partial charge is 0.128 e. The van der Waals surface area contributed by atoms with Crippen molar-refractivity contribution in [2.75, 3.05) is 12.3 Å². The van der Waals surface area contributed by atoms with Crippen molar-refractivity contribution in [2.45, 2.75) is 73.6 Å². The molecule has 0 radical (unpaired) electrons. The van der Waals surface area contributed by atoms with Crippen LogP contribution in [0, 0.1) is 11.8 Å². The van der Waals surface area contributed by atoms with Crippen LogP contribution in [0.1, 0.15) is 73.6 Å². The Hall–Kier alpha value is -1.61. The van der Waals surface area contributed by atoms with E-state index in [-0.39, 0.29) is 0 Å². The van der Waals surface area contributed by atoms with Crippen LogP contribution >= 0.6 is 8.58 Å². The summed E-state index contributed by atoms with van der Waals surface area (Å²) >= 11 is 0. The molecule has 0 aliphatic heterocycles. The maximum absolute atomic E-state index is 3.87. The fourth-order valence-electron chi connectivity index (χ4n) is 4.82. The van der Waals surface area contributed by atoms with Gasteiger partial charge in [0.1, 0.15) is 0 Å². The van der Waals surface area contributed by atoms with Gasteiger partial charge in [0.15, 0.2) is 0 Å². The lowest BCUT2D eigenvalue weighted by atomic mass is 9.78. The van der Waals surface area contributed by atoms with E-state index in [1.807, 2.05) is 0 Å². The number of rotatable bonds is 8. The SMILES string of the molecule is C=C=CC1=C(C=CC)C(C(C)=C2CCC(C)=CCC2C=CC)=C(CPCC(C)C)CC1. The van der Waals surface area contributed by atoms with Crippen LogP contribution in [0.3, 0.4) is 0 Å². The Bertz CT molecular complexity index is 860. The van der Waals surface area contributed by atoms with Crippen LogP contribution in [-0.2, 0) is 0 Å². The third kappa shape index (κ3) is 7.20. The Morgan fingerprint density at radius 2 is 1.97 bits per heavy atom. The molecule has 0 spiro atoms. The van der Waals surface area contributed by atoms with Gasteiger partial charge in [-0.3, -0.25) is 0 Å². The predicted octanol–water partition coefficient (Wildman–Crippen LogP) is 9.26. The normalized spacial score (nSPS) is 22.7. The molecule has 0 N–H and O–H groups in total. The molecule has 0 nitrogen and oxygen atoms in total. The second kappa shape index (κ2) is 13.1. The molecule has 168 valence electrons. The summed E-state index contributed by atoms with van der Waals surface area (Å²) in [5, 5.41) is 0. The lowest BCUT2D eigenvalue weighted by Crippen LogP contribution is -2.11. The van der Waals surface area contributed by atoms with E-state index in [1.54, 1.807) is 11.1 Å². The van der Waals surface area contributed by atoms with Gasteiger partial charge in [-0.2, -0.15) is 0 Å². The third-order valence-electron chi connectivity index (χ3n) is 6.40. The lowest BCUT2D eigenvalue weighted by molar-refractivity contribution is 0.727. The monoisotopic (exact) mass is 434 g/mol. The van der Waals surface area contributed by atoms with Gasteiger partial charge in [-0.1, -0.05) is 67.5 Å². The fraction of sp³-hybridized carbons (Fsp3) is 0.500. The molecular weight excluding hydrogens is 391 g/mol. The molecule has 0 saturated heterocycles. The second-order valence-corrected chi connectivity index (χ2v) is 10.6. The lowest BCUT2D eigenvalue weighted by Gasteiger charge is -2.28. The summed E-state index contributed by atoms with van der Waals surface area (Å²) in [5.74, 6) is 1.30. The van der Waals surface area contributed by atoms with Crippen LogP contribution in [0.2, 0.25) is 0 Å². The summed E-state index contributed by atoms with van der Waals surface area (Å²) in [7, 11) is 1.02. The van der Waals surface area contributed by atoms with Crippen molar-refractivity contribution < 1.29 is 0 Å². The fourth-order valence-corrected chi connectivity index (χ4v) is 6.20. The van der Waals surface area contributed by atoms with E-state index < -0.39 is 0 Å². The highest BCUT2D eigenvalue weighted by Gasteiger charge is 2.24. The zero-order valence-electron chi connectivity index (χ0n) is 20.8. The highest BCUT2D eigenvalue weighted by atomic mass is 31.1. The van der Waals surface area contributed by atoms with Gasteiger partial charge in [0.05, 0.1) is 0 Å². The van der Waals surface area contributed by atoms with Crippen molar-refractivity contribution in [3.05, 3.63) is 87.8 Å². The third-order valence-corrected chi connectivity index (χ3v) is 8.19. The average molecular weight is 435 g/mol. The van der Waals surface area contributed by atoms with Crippen LogP contribution in [0.25, 0.3) is 0 Å². The van der Waals surface area contributed by atoms with Gasteiger partial charge in [-0.05, 0) is 106 Å². The van der Waals surface area contributed by atoms with Crippen LogP contribution in [0.15, 0.2) is 87.8 Å². The standard InChI is InChI=1S/C30H43P/c1-8-11-25-16-14-23(6)15-19-28(25)24(7)30-27(21-31-20-22(4)5)18-17-26(12-9-2)29(30)13-10-3/h8,10-14,22,25,31H,2,15-21H2,1,3-7H3. The maximum Gasteiger partial charge on any atom is 0.00173 e. The molecule has 2 rings (SSSR count). The van der Waals surface area contributed by atoms with Crippen LogP contribution < -0.4 is 0 Å². The van der Waals surface area contributed by atoms with Gasteiger partial charge in [0.2, 0.25) is 0 Å². The van der Waals surface area contributed by atoms with Gasteiger partial charge in [0, 0.05) is 5.92 Å². The van der Waals surface area contributed by atoms with E-state index in [0.717, 1.165) is 27.3 Å². The first-order valence-electron chi connectivity index (χ1n) is 12.1. The van der Waals surface area contributed by atoms with Crippen molar-refractivity contribution >= 4 is 8.58 Å².